The van der Waals surface area contributed by atoms with Crippen LogP contribution in [0.25, 0.3) is 0 Å². The van der Waals surface area contributed by atoms with Crippen LogP contribution in [0.5, 0.6) is 0 Å². The Hall–Kier alpha value is 2.31. The van der Waals surface area contributed by atoms with Gasteiger partial charge in [0.05, 0.1) is 0 Å². The molecule has 0 aromatic rings. The molecule has 0 atom stereocenters. The molecule has 0 rings (SSSR count). The van der Waals surface area contributed by atoms with Gasteiger partial charge in [0.2, 0.25) is 0 Å². The van der Waals surface area contributed by atoms with Gasteiger partial charge in [0.15, 0.2) is 0 Å². The third-order valence-corrected chi connectivity index (χ3v) is 0. The normalized spacial score (nSPS) is 6.75. The zero-order chi connectivity index (χ0) is 3.58. The van der Waals surface area contributed by atoms with Gasteiger partial charge in [0.1, 0.15) is 0 Å². The van der Waals surface area contributed by atoms with Crippen molar-refractivity contribution in [1.29, 1.82) is 0 Å². The van der Waals surface area contributed by atoms with Crippen LogP contribution in [-0.4, -0.2) is 0 Å². The average molecular weight is 333 g/mol. The van der Waals surface area contributed by atoms with E-state index in [1.807, 2.05) is 0 Å². The second-order valence-corrected chi connectivity index (χ2v) is 20.5. The third kappa shape index (κ3) is 8.85. The van der Waals surface area contributed by atoms with Gasteiger partial charge in [-0.1, -0.05) is 0 Å². The van der Waals surface area contributed by atoms with Crippen molar-refractivity contribution in [2.75, 3.05) is 0 Å². The molecule has 0 bridgehead atoms. The summed E-state index contributed by atoms with van der Waals surface area (Å²) in [5.74, 6) is 0. The summed E-state index contributed by atoms with van der Waals surface area (Å²) in [7, 11) is 0. The molecule has 0 saturated heterocycles. The Labute approximate surface area is 46.7 Å². The van der Waals surface area contributed by atoms with E-state index < -0.39 is 32.6 Å². The molecule has 24 valence electrons. The Balaban J connectivity index is 2.32. The van der Waals surface area contributed by atoms with Gasteiger partial charge in [0.25, 0.3) is 0 Å². The number of hydrogen-bond acceptors (Lipinski definition) is 0. The van der Waals surface area contributed by atoms with Crippen LogP contribution < -0.4 is 0 Å². The standard InChI is InChI=1S/Ac.3ClH/h;3*1H/q+3;;;/p-3. The average Bonchev–Trinajstić information content (AvgIpc) is 0.811. The van der Waals surface area contributed by atoms with Crippen LogP contribution in [0.3, 0.4) is 0 Å². The van der Waals surface area contributed by atoms with E-state index in [0.717, 1.165) is 0 Å². The molecule has 0 radical (unpaired) electrons. The molecule has 0 nitrogen and oxygen atoms in total. The summed E-state index contributed by atoms with van der Waals surface area (Å²) >= 11 is -2.36. The Morgan fingerprint density at radius 2 is 1.00 bits per heavy atom. The fourth-order valence-electron chi connectivity index (χ4n) is 0. The van der Waals surface area contributed by atoms with Crippen molar-refractivity contribution in [2.45, 2.75) is 0 Å². The molecule has 0 heterocycles. The first kappa shape index (κ1) is 6.31. The van der Waals surface area contributed by atoms with Gasteiger partial charge in [-0.2, -0.15) is 0 Å². The van der Waals surface area contributed by atoms with Gasteiger partial charge in [0, 0.05) is 0 Å². The van der Waals surface area contributed by atoms with Crippen molar-refractivity contribution in [2.24, 2.45) is 0 Å². The molecule has 0 spiro atoms. The van der Waals surface area contributed by atoms with Crippen molar-refractivity contribution >= 4 is 15.6 Å². The van der Waals surface area contributed by atoms with Crippen molar-refractivity contribution in [3.05, 3.63) is 0 Å². The first-order valence-corrected chi connectivity index (χ1v) is 18.1. The summed E-state index contributed by atoms with van der Waals surface area (Å²) in [6, 6.07) is 0. The maximum absolute atomic E-state index is 5.04. The van der Waals surface area contributed by atoms with Crippen molar-refractivity contribution in [3.63, 3.8) is 0 Å². The number of rotatable bonds is 0. The van der Waals surface area contributed by atoms with Crippen molar-refractivity contribution in [3.8, 4) is 0 Å². The molecule has 0 aliphatic rings. The molecule has 0 saturated carbocycles. The molecular weight excluding hydrogens is 333 g/mol. The topological polar surface area (TPSA) is 0 Å². The Morgan fingerprint density at radius 1 is 1.00 bits per heavy atom. The molecule has 4 heteroatoms. The molecule has 0 unspecified atom stereocenters. The Morgan fingerprint density at radius 3 is 1.00 bits per heavy atom. The summed E-state index contributed by atoms with van der Waals surface area (Å²) in [4.78, 5) is 0. The van der Waals surface area contributed by atoms with E-state index >= 15 is 0 Å². The quantitative estimate of drug-likeness (QED) is 0.637. The first-order valence-electron chi connectivity index (χ1n) is 0.655. The first-order chi connectivity index (χ1) is 1.73. The minimum absolute atomic E-state index is 2.36. The van der Waals surface area contributed by atoms with Crippen LogP contribution in [0.15, 0.2) is 0 Å². The van der Waals surface area contributed by atoms with Gasteiger partial charge in [-0.05, 0) is 0 Å². The van der Waals surface area contributed by atoms with Gasteiger partial charge >= 0.3 is 48.1 Å². The van der Waals surface area contributed by atoms with E-state index in [9.17, 15) is 0 Å². The molecule has 0 aliphatic heterocycles. The van der Waals surface area contributed by atoms with E-state index in [4.69, 9.17) is 15.6 Å². The van der Waals surface area contributed by atoms with Gasteiger partial charge < -0.3 is 0 Å². The fourth-order valence-corrected chi connectivity index (χ4v) is 0. The maximum atomic E-state index is 5.04. The van der Waals surface area contributed by atoms with Crippen LogP contribution in [0.2, 0.25) is 0 Å². The monoisotopic (exact) mass is 332 g/mol. The number of halogens is 3. The van der Waals surface area contributed by atoms with Crippen LogP contribution in [0.1, 0.15) is 0 Å². The second-order valence-electron chi connectivity index (χ2n) is 0.247. The molecule has 4 heavy (non-hydrogen) atoms. The second kappa shape index (κ2) is 3.50. The number of hydrogen-bond donors (Lipinski definition) is 0. The van der Waals surface area contributed by atoms with E-state index in [-0.39, 0.29) is 0 Å². The molecule has 0 amide bonds. The minimum atomic E-state index is -2.36. The summed E-state index contributed by atoms with van der Waals surface area (Å²) < 4.78 is 0. The molecule has 0 fully saturated rings. The van der Waals surface area contributed by atoms with Crippen LogP contribution in [0.4, 0.5) is 0 Å². The summed E-state index contributed by atoms with van der Waals surface area (Å²) in [6.07, 6.45) is 0. The summed E-state index contributed by atoms with van der Waals surface area (Å²) in [5, 5.41) is 15.1. The SMILES string of the molecule is [Cl][Ac]([Cl])[Cl]. The van der Waals surface area contributed by atoms with Gasteiger partial charge in [-0.25, -0.2) is 0 Å². The van der Waals surface area contributed by atoms with E-state index in [1.165, 1.54) is 0 Å². The van der Waals surface area contributed by atoms with Crippen molar-refractivity contribution in [1.82, 2.24) is 0 Å². The Bertz CT molecular complexity index is 8.00. The predicted octanol–water partition coefficient (Wildman–Crippen LogP) is 2.07. The summed E-state index contributed by atoms with van der Waals surface area (Å²) in [5.41, 5.74) is 0. The molecular formula is AcCl3. The zero-order valence-electron chi connectivity index (χ0n) is 1.71. The molecule has 0 aromatic carbocycles. The van der Waals surface area contributed by atoms with Crippen molar-refractivity contribution < 1.29 is 32.6 Å². The van der Waals surface area contributed by atoms with Crippen LogP contribution >= 0.6 is 15.6 Å². The summed E-state index contributed by atoms with van der Waals surface area (Å²) in [6.45, 7) is 0. The zero-order valence-corrected chi connectivity index (χ0v) is 8.72. The molecule has 0 aliphatic carbocycles. The molecule has 0 N–H and O–H groups in total. The fraction of sp³-hybridized carbons (Fsp3) is 0. The van der Waals surface area contributed by atoms with Gasteiger partial charge in [-0.3, -0.25) is 0 Å². The van der Waals surface area contributed by atoms with Crippen LogP contribution in [-0.2, 0) is 0 Å². The van der Waals surface area contributed by atoms with E-state index in [2.05, 4.69) is 0 Å². The Kier molecular flexibility index (Phi) is 5.52. The molecule has 0 aromatic heterocycles. The third-order valence-electron chi connectivity index (χ3n) is 0. The van der Waals surface area contributed by atoms with E-state index in [1.54, 1.807) is 0 Å². The van der Waals surface area contributed by atoms with E-state index in [0.29, 0.717) is 0 Å². The predicted molar refractivity (Wildman–Crippen MR) is 17.6 cm³/mol. The van der Waals surface area contributed by atoms with Gasteiger partial charge in [-0.15, -0.1) is 0 Å². The van der Waals surface area contributed by atoms with Crippen LogP contribution in [0, 0.1) is 32.6 Å².